The van der Waals surface area contributed by atoms with Gasteiger partial charge in [0.25, 0.3) is 0 Å². The molecule has 2 nitrogen and oxygen atoms in total. The van der Waals surface area contributed by atoms with Crippen LogP contribution in [0.3, 0.4) is 0 Å². The molecule has 0 aromatic carbocycles. The van der Waals surface area contributed by atoms with E-state index in [0.717, 1.165) is 5.57 Å². The topological polar surface area (TPSA) is 26.3 Å². The van der Waals surface area contributed by atoms with Crippen LogP contribution < -0.4 is 0 Å². The van der Waals surface area contributed by atoms with Crippen LogP contribution in [0.4, 0.5) is 0 Å². The van der Waals surface area contributed by atoms with Crippen molar-refractivity contribution in [1.82, 2.24) is 0 Å². The van der Waals surface area contributed by atoms with Crippen molar-refractivity contribution in [3.05, 3.63) is 36.1 Å². The molecule has 1 rings (SSSR count). The van der Waals surface area contributed by atoms with Crippen LogP contribution in [0.1, 0.15) is 6.92 Å². The first-order valence-corrected chi connectivity index (χ1v) is 2.96. The van der Waals surface area contributed by atoms with Crippen molar-refractivity contribution in [2.45, 2.75) is 6.92 Å². The molecule has 0 radical (unpaired) electrons. The molecule has 0 saturated heterocycles. The van der Waals surface area contributed by atoms with Gasteiger partial charge in [-0.15, -0.1) is 0 Å². The molecule has 0 aromatic rings. The smallest absolute Gasteiger partial charge is 0.308 e. The van der Waals surface area contributed by atoms with Gasteiger partial charge < -0.3 is 4.74 Å². The monoisotopic (exact) mass is 136 g/mol. The maximum Gasteiger partial charge on any atom is 0.308 e. The molecule has 0 atom stereocenters. The Hall–Kier alpha value is -1.31. The lowest BCUT2D eigenvalue weighted by atomic mass is 10.3. The van der Waals surface area contributed by atoms with E-state index in [4.69, 9.17) is 4.74 Å². The average molecular weight is 136 g/mol. The summed E-state index contributed by atoms with van der Waals surface area (Å²) < 4.78 is 4.78. The van der Waals surface area contributed by atoms with Crippen molar-refractivity contribution in [3.63, 3.8) is 0 Å². The maximum atomic E-state index is 10.4. The molecule has 0 aliphatic heterocycles. The largest absolute Gasteiger partial charge is 0.426 e. The fourth-order valence-electron chi connectivity index (χ4n) is 0.695. The Morgan fingerprint density at radius 3 is 2.80 bits per heavy atom. The van der Waals surface area contributed by atoms with Crippen molar-refractivity contribution in [2.24, 2.45) is 0 Å². The van der Waals surface area contributed by atoms with Gasteiger partial charge in [-0.25, -0.2) is 0 Å². The third kappa shape index (κ3) is 1.35. The molecule has 0 bridgehead atoms. The van der Waals surface area contributed by atoms with Crippen molar-refractivity contribution in [3.8, 4) is 0 Å². The fourth-order valence-corrected chi connectivity index (χ4v) is 0.695. The van der Waals surface area contributed by atoms with E-state index in [-0.39, 0.29) is 5.97 Å². The quantitative estimate of drug-likeness (QED) is 0.511. The minimum Gasteiger partial charge on any atom is -0.426 e. The third-order valence-electron chi connectivity index (χ3n) is 1.12. The summed E-state index contributed by atoms with van der Waals surface area (Å²) in [6.07, 6.45) is 5.29. The summed E-state index contributed by atoms with van der Waals surface area (Å²) in [5.74, 6) is 0.239. The summed E-state index contributed by atoms with van der Waals surface area (Å²) in [7, 11) is 0. The van der Waals surface area contributed by atoms with Crippen LogP contribution in [0, 0.1) is 0 Å². The number of hydrogen-bond acceptors (Lipinski definition) is 2. The second-order valence-electron chi connectivity index (χ2n) is 2.01. The number of hydrogen-bond donors (Lipinski definition) is 0. The molecule has 0 fully saturated rings. The van der Waals surface area contributed by atoms with E-state index < -0.39 is 0 Å². The highest BCUT2D eigenvalue weighted by Gasteiger charge is 2.06. The van der Waals surface area contributed by atoms with Gasteiger partial charge in [-0.2, -0.15) is 0 Å². The maximum absolute atomic E-state index is 10.4. The fraction of sp³-hybridized carbons (Fsp3) is 0.125. The van der Waals surface area contributed by atoms with E-state index in [1.165, 1.54) is 6.92 Å². The zero-order valence-corrected chi connectivity index (χ0v) is 5.76. The number of carbonyl (C=O) groups excluding carboxylic acids is 1. The Morgan fingerprint density at radius 1 is 1.70 bits per heavy atom. The van der Waals surface area contributed by atoms with Gasteiger partial charge in [-0.1, -0.05) is 18.7 Å². The number of carbonyl (C=O) groups is 1. The molecule has 10 heavy (non-hydrogen) atoms. The zero-order valence-electron chi connectivity index (χ0n) is 5.76. The molecular weight excluding hydrogens is 128 g/mol. The molecule has 0 unspecified atom stereocenters. The first kappa shape index (κ1) is 6.81. The number of esters is 1. The zero-order chi connectivity index (χ0) is 7.56. The minimum atomic E-state index is -0.309. The predicted octanol–water partition coefficient (Wildman–Crippen LogP) is 1.56. The van der Waals surface area contributed by atoms with Crippen LogP contribution in [0.25, 0.3) is 0 Å². The van der Waals surface area contributed by atoms with Gasteiger partial charge >= 0.3 is 5.97 Å². The van der Waals surface area contributed by atoms with Crippen LogP contribution in [0.5, 0.6) is 0 Å². The average Bonchev–Trinajstić information content (AvgIpc) is 2.15. The van der Waals surface area contributed by atoms with Gasteiger partial charge in [0.1, 0.15) is 5.76 Å². The molecule has 1 aliphatic carbocycles. The van der Waals surface area contributed by atoms with Gasteiger partial charge in [-0.05, 0) is 6.08 Å². The van der Waals surface area contributed by atoms with Crippen LogP contribution in [-0.4, -0.2) is 5.97 Å². The van der Waals surface area contributed by atoms with Gasteiger partial charge in [0, 0.05) is 12.5 Å². The van der Waals surface area contributed by atoms with Gasteiger partial charge in [-0.3, -0.25) is 4.79 Å². The van der Waals surface area contributed by atoms with E-state index in [1.807, 2.05) is 0 Å². The van der Waals surface area contributed by atoms with E-state index in [0.29, 0.717) is 5.76 Å². The Labute approximate surface area is 59.5 Å². The third-order valence-corrected chi connectivity index (χ3v) is 1.12. The summed E-state index contributed by atoms with van der Waals surface area (Å²) in [5, 5.41) is 0. The standard InChI is InChI=1S/C8H8O2/c1-6-4-3-5-8(6)10-7(2)9/h3-5H,1H2,2H3. The Bertz CT molecular complexity index is 234. The highest BCUT2D eigenvalue weighted by atomic mass is 16.5. The summed E-state index contributed by atoms with van der Waals surface area (Å²) in [4.78, 5) is 10.4. The molecule has 52 valence electrons. The first-order valence-electron chi connectivity index (χ1n) is 2.96. The van der Waals surface area contributed by atoms with Crippen molar-refractivity contribution >= 4 is 5.97 Å². The van der Waals surface area contributed by atoms with E-state index in [9.17, 15) is 4.79 Å². The minimum absolute atomic E-state index is 0.309. The molecule has 0 spiro atoms. The number of ether oxygens (including phenoxy) is 1. The SMILES string of the molecule is C=C1C=CC=C1OC(C)=O. The highest BCUT2D eigenvalue weighted by Crippen LogP contribution is 2.16. The van der Waals surface area contributed by atoms with Gasteiger partial charge in [0.05, 0.1) is 0 Å². The normalized spacial score (nSPS) is 15.3. The lowest BCUT2D eigenvalue weighted by molar-refractivity contribution is -0.136. The summed E-state index contributed by atoms with van der Waals surface area (Å²) in [6.45, 7) is 5.02. The van der Waals surface area contributed by atoms with Crippen LogP contribution in [-0.2, 0) is 9.53 Å². The number of allylic oxidation sites excluding steroid dienone is 3. The molecule has 1 aliphatic rings. The molecular formula is C8H8O2. The Morgan fingerprint density at radius 2 is 2.40 bits per heavy atom. The van der Waals surface area contributed by atoms with Crippen LogP contribution >= 0.6 is 0 Å². The van der Waals surface area contributed by atoms with Gasteiger partial charge in [0.2, 0.25) is 0 Å². The van der Waals surface area contributed by atoms with Crippen molar-refractivity contribution in [2.75, 3.05) is 0 Å². The Balaban J connectivity index is 2.61. The summed E-state index contributed by atoms with van der Waals surface area (Å²) in [6, 6.07) is 0. The molecule has 0 heterocycles. The van der Waals surface area contributed by atoms with Crippen molar-refractivity contribution in [1.29, 1.82) is 0 Å². The second-order valence-corrected chi connectivity index (χ2v) is 2.01. The van der Waals surface area contributed by atoms with E-state index in [2.05, 4.69) is 6.58 Å². The van der Waals surface area contributed by atoms with Crippen LogP contribution in [0.15, 0.2) is 36.1 Å². The lowest BCUT2D eigenvalue weighted by Crippen LogP contribution is -1.97. The first-order chi connectivity index (χ1) is 4.70. The molecule has 0 amide bonds. The van der Waals surface area contributed by atoms with Crippen molar-refractivity contribution < 1.29 is 9.53 Å². The lowest BCUT2D eigenvalue weighted by Gasteiger charge is -2.00. The predicted molar refractivity (Wildman–Crippen MR) is 38.1 cm³/mol. The van der Waals surface area contributed by atoms with E-state index >= 15 is 0 Å². The number of rotatable bonds is 1. The van der Waals surface area contributed by atoms with E-state index in [1.54, 1.807) is 18.2 Å². The summed E-state index contributed by atoms with van der Waals surface area (Å²) >= 11 is 0. The highest BCUT2D eigenvalue weighted by molar-refractivity contribution is 5.69. The second kappa shape index (κ2) is 2.52. The van der Waals surface area contributed by atoms with Gasteiger partial charge in [0.15, 0.2) is 0 Å². The van der Waals surface area contributed by atoms with Crippen LogP contribution in [0.2, 0.25) is 0 Å². The Kier molecular flexibility index (Phi) is 1.71. The summed E-state index contributed by atoms with van der Waals surface area (Å²) in [5.41, 5.74) is 0.746. The molecule has 0 aromatic heterocycles. The molecule has 2 heteroatoms. The molecule has 0 saturated carbocycles. The molecule has 0 N–H and O–H groups in total.